The van der Waals surface area contributed by atoms with Crippen molar-refractivity contribution in [2.75, 3.05) is 21.3 Å². The van der Waals surface area contributed by atoms with Crippen molar-refractivity contribution in [3.63, 3.8) is 0 Å². The van der Waals surface area contributed by atoms with Gasteiger partial charge in [0, 0.05) is 33.0 Å². The molecular formula is C51H32N12O10S. The fourth-order valence-electron chi connectivity index (χ4n) is 8.05. The van der Waals surface area contributed by atoms with Crippen molar-refractivity contribution in [2.45, 2.75) is 12.5 Å². The lowest BCUT2D eigenvalue weighted by atomic mass is 10.0. The fourth-order valence-corrected chi connectivity index (χ4v) is 8.67. The lowest BCUT2D eigenvalue weighted by Crippen LogP contribution is -2.27. The van der Waals surface area contributed by atoms with Gasteiger partial charge in [0.15, 0.2) is 11.6 Å². The maximum atomic E-state index is 14.5. The Bertz CT molecular complexity index is 4080. The van der Waals surface area contributed by atoms with Crippen LogP contribution in [0.25, 0.3) is 44.6 Å². The molecular weight excluding hydrogens is 973 g/mol. The summed E-state index contributed by atoms with van der Waals surface area (Å²) in [6, 6.07) is 35.5. The number of hydrogen-bond acceptors (Lipinski definition) is 15. The van der Waals surface area contributed by atoms with E-state index in [2.05, 4.69) is 60.6 Å². The second kappa shape index (κ2) is 19.8. The van der Waals surface area contributed by atoms with Gasteiger partial charge in [-0.3, -0.25) is 43.0 Å². The molecule has 10 rings (SSSR count). The second-order valence-electron chi connectivity index (χ2n) is 16.1. The number of hydrogen-bond donors (Lipinski definition) is 8. The number of aromatic nitrogens is 6. The van der Waals surface area contributed by atoms with Gasteiger partial charge in [0.25, 0.3) is 23.6 Å². The Morgan fingerprint density at radius 2 is 1.24 bits per heavy atom. The van der Waals surface area contributed by atoms with Gasteiger partial charge in [-0.25, -0.2) is 9.59 Å². The summed E-state index contributed by atoms with van der Waals surface area (Å²) in [5, 5.41) is 40.3. The number of nitrogens with zero attached hydrogens (tertiary/aromatic N) is 4. The zero-order chi connectivity index (χ0) is 51.5. The van der Waals surface area contributed by atoms with Crippen LogP contribution in [0.5, 0.6) is 0 Å². The minimum absolute atomic E-state index is 0.0203. The summed E-state index contributed by atoms with van der Waals surface area (Å²) in [6.07, 6.45) is -2.15. The van der Waals surface area contributed by atoms with Crippen molar-refractivity contribution in [3.8, 4) is 34.9 Å². The monoisotopic (exact) mass is 1000 g/mol. The number of nitrogens with one attached hydrogen (secondary N) is 8. The molecule has 10 aromatic rings. The molecule has 4 amide bonds. The quantitative estimate of drug-likeness (QED) is 0.0493. The molecule has 5 aromatic carbocycles. The smallest absolute Gasteiger partial charge is 0.439 e. The summed E-state index contributed by atoms with van der Waals surface area (Å²) in [5.41, 5.74) is 2.49. The highest BCUT2D eigenvalue weighted by atomic mass is 32.1. The average Bonchev–Trinajstić information content (AvgIpc) is 4.28. The Labute approximate surface area is 417 Å². The molecule has 0 saturated heterocycles. The number of aromatic amines is 4. The molecule has 1 unspecified atom stereocenters. The first kappa shape index (κ1) is 46.8. The molecule has 1 atom stereocenters. The molecule has 0 aliphatic rings. The number of nitriles is 2. The highest BCUT2D eigenvalue weighted by Crippen LogP contribution is 2.34. The summed E-state index contributed by atoms with van der Waals surface area (Å²) in [5.74, 6) is -5.38. The molecule has 0 fully saturated rings. The predicted molar refractivity (Wildman–Crippen MR) is 267 cm³/mol. The SMILES string of the molecule is N#Cc1ccc(NC(=O)c2cc3cccc(NC(=O)C(OC(=O)Cc4c(C(=O)Nc5ccc(C#N)cc5-c5noc(=O)[nH]5)[nH]c5c(NC(=O)c6cccs6)cccc45)c4ccccc4)c3[nH]2)c(-c2noc(=O)[nH]2)c1. The van der Waals surface area contributed by atoms with Crippen molar-refractivity contribution in [1.82, 2.24) is 30.2 Å². The molecule has 23 heteroatoms. The molecule has 8 N–H and O–H groups in total. The molecule has 74 heavy (non-hydrogen) atoms. The van der Waals surface area contributed by atoms with Crippen LogP contribution in [0.1, 0.15) is 59.0 Å². The van der Waals surface area contributed by atoms with Crippen molar-refractivity contribution in [3.05, 3.63) is 186 Å². The van der Waals surface area contributed by atoms with Gasteiger partial charge in [-0.2, -0.15) is 10.5 Å². The Hall–Kier alpha value is -10.9. The summed E-state index contributed by atoms with van der Waals surface area (Å²) in [4.78, 5) is 105. The first-order valence-corrected chi connectivity index (χ1v) is 22.8. The van der Waals surface area contributed by atoms with Gasteiger partial charge in [0.1, 0.15) is 11.4 Å². The number of esters is 1. The van der Waals surface area contributed by atoms with Crippen molar-refractivity contribution < 1.29 is 37.8 Å². The van der Waals surface area contributed by atoms with Gasteiger partial charge in [-0.05, 0) is 66.0 Å². The molecule has 5 aromatic heterocycles. The van der Waals surface area contributed by atoms with E-state index in [1.807, 2.05) is 12.1 Å². The Balaban J connectivity index is 0.944. The lowest BCUT2D eigenvalue weighted by Gasteiger charge is -2.19. The maximum absolute atomic E-state index is 14.5. The minimum atomic E-state index is -1.57. The van der Waals surface area contributed by atoms with Crippen LogP contribution in [0.2, 0.25) is 0 Å². The molecule has 0 aliphatic heterocycles. The summed E-state index contributed by atoms with van der Waals surface area (Å²) >= 11 is 1.22. The number of ether oxygens (including phenoxy) is 1. The number of benzene rings is 5. The van der Waals surface area contributed by atoms with E-state index in [1.165, 1.54) is 47.7 Å². The van der Waals surface area contributed by atoms with Crippen LogP contribution in [0.3, 0.4) is 0 Å². The van der Waals surface area contributed by atoms with Crippen molar-refractivity contribution in [2.24, 2.45) is 0 Å². The van der Waals surface area contributed by atoms with Crippen LogP contribution in [-0.2, 0) is 20.7 Å². The van der Waals surface area contributed by atoms with Gasteiger partial charge in [0.2, 0.25) is 6.10 Å². The predicted octanol–water partition coefficient (Wildman–Crippen LogP) is 7.36. The Morgan fingerprint density at radius 1 is 0.622 bits per heavy atom. The third kappa shape index (κ3) is 9.54. The standard InChI is InChI=1S/C51H32N12O10S/c52-23-25-14-16-33(31(19-25)44-60-50(69)72-62-44)55-46(65)37-21-28-9-4-11-35(40(28)54-37)58-49(68)43(27-7-2-1-3-8-27)71-39(64)22-30-29-10-5-12-36(57-47(66)38-13-6-18-74-38)41(29)59-42(30)48(67)56-34-17-15-26(24-53)20-32(34)45-61-51(70)73-63-45/h1-21,43,54,59H,22H2,(H,55,65)(H,56,67)(H,57,66)(H,58,68)(H,60,62,69)(H,61,63,70). The van der Waals surface area contributed by atoms with Crippen LogP contribution >= 0.6 is 11.3 Å². The first-order valence-electron chi connectivity index (χ1n) is 21.9. The molecule has 362 valence electrons. The number of rotatable bonds is 14. The number of carbonyl (C=O) groups is 5. The zero-order valence-electron chi connectivity index (χ0n) is 37.7. The molecule has 0 saturated carbocycles. The van der Waals surface area contributed by atoms with Gasteiger partial charge in [-0.1, -0.05) is 71.0 Å². The number of thiophene rings is 1. The topological polar surface area (TPSA) is 340 Å². The van der Waals surface area contributed by atoms with Gasteiger partial charge < -0.3 is 36.0 Å². The zero-order valence-corrected chi connectivity index (χ0v) is 38.5. The van der Waals surface area contributed by atoms with E-state index < -0.39 is 53.6 Å². The van der Waals surface area contributed by atoms with E-state index in [4.69, 9.17) is 4.74 Å². The molecule has 0 radical (unpaired) electrons. The van der Waals surface area contributed by atoms with E-state index in [1.54, 1.807) is 90.3 Å². The highest BCUT2D eigenvalue weighted by Gasteiger charge is 2.30. The van der Waals surface area contributed by atoms with Crippen LogP contribution in [0.4, 0.5) is 22.7 Å². The van der Waals surface area contributed by atoms with Gasteiger partial charge in [0.05, 0.1) is 68.3 Å². The van der Waals surface area contributed by atoms with Crippen molar-refractivity contribution in [1.29, 1.82) is 10.5 Å². The van der Waals surface area contributed by atoms with E-state index >= 15 is 0 Å². The van der Waals surface area contributed by atoms with E-state index in [-0.39, 0.29) is 79.1 Å². The normalized spacial score (nSPS) is 11.3. The van der Waals surface area contributed by atoms with Crippen LogP contribution < -0.4 is 32.8 Å². The summed E-state index contributed by atoms with van der Waals surface area (Å²) < 4.78 is 15.3. The van der Waals surface area contributed by atoms with E-state index in [9.17, 15) is 44.1 Å². The lowest BCUT2D eigenvalue weighted by molar-refractivity contribution is -0.154. The Kier molecular flexibility index (Phi) is 12.5. The largest absolute Gasteiger partial charge is 0.447 e. The van der Waals surface area contributed by atoms with Gasteiger partial charge >= 0.3 is 17.5 Å². The molecule has 0 aliphatic carbocycles. The molecule has 5 heterocycles. The second-order valence-corrected chi connectivity index (χ2v) is 17.0. The molecule has 0 spiro atoms. The highest BCUT2D eigenvalue weighted by molar-refractivity contribution is 7.12. The fraction of sp³-hybridized carbons (Fsp3) is 0.0392. The molecule has 0 bridgehead atoms. The summed E-state index contributed by atoms with van der Waals surface area (Å²) in [7, 11) is 0. The minimum Gasteiger partial charge on any atom is -0.447 e. The van der Waals surface area contributed by atoms with Crippen LogP contribution in [0, 0.1) is 22.7 Å². The maximum Gasteiger partial charge on any atom is 0.439 e. The third-order valence-electron chi connectivity index (χ3n) is 11.4. The number of H-pyrrole nitrogens is 4. The third-order valence-corrected chi connectivity index (χ3v) is 12.3. The number of anilines is 4. The van der Waals surface area contributed by atoms with Crippen LogP contribution in [-0.4, -0.2) is 59.8 Å². The number of carbonyl (C=O) groups excluding carboxylic acids is 5. The van der Waals surface area contributed by atoms with E-state index in [0.29, 0.717) is 26.7 Å². The number of fused-ring (bicyclic) bond motifs is 2. The van der Waals surface area contributed by atoms with Gasteiger partial charge in [-0.15, -0.1) is 11.3 Å². The average molecular weight is 1000 g/mol. The number of para-hydroxylation sites is 2. The summed E-state index contributed by atoms with van der Waals surface area (Å²) in [6.45, 7) is 0. The van der Waals surface area contributed by atoms with Crippen LogP contribution in [0.15, 0.2) is 145 Å². The molecule has 22 nitrogen and oxygen atoms in total. The van der Waals surface area contributed by atoms with Crippen molar-refractivity contribution >= 4 is 85.5 Å². The number of amides is 4. The Morgan fingerprint density at radius 3 is 1.85 bits per heavy atom. The van der Waals surface area contributed by atoms with E-state index in [0.717, 1.165) is 0 Å². The first-order chi connectivity index (χ1) is 35.9.